The van der Waals surface area contributed by atoms with Crippen molar-refractivity contribution >= 4 is 17.3 Å². The number of rotatable bonds is 6. The molecule has 0 aliphatic carbocycles. The monoisotopic (exact) mass is 270 g/mol. The summed E-state index contributed by atoms with van der Waals surface area (Å²) in [5.41, 5.74) is -0.315. The summed E-state index contributed by atoms with van der Waals surface area (Å²) in [6, 6.07) is 2.77. The van der Waals surface area contributed by atoms with Crippen LogP contribution in [0.4, 0.5) is 15.8 Å². The SMILES string of the molecule is CCC(C)N(CC(=O)O)c1cc(F)ccc1[N+](=O)[O-]. The molecule has 0 saturated heterocycles. The molecule has 1 N–H and O–H groups in total. The van der Waals surface area contributed by atoms with E-state index >= 15 is 0 Å². The number of hydrogen-bond acceptors (Lipinski definition) is 4. The van der Waals surface area contributed by atoms with Gasteiger partial charge in [-0.1, -0.05) is 6.92 Å². The molecule has 1 rings (SSSR count). The van der Waals surface area contributed by atoms with Crippen molar-refractivity contribution in [2.75, 3.05) is 11.4 Å². The Hall–Kier alpha value is -2.18. The van der Waals surface area contributed by atoms with Crippen LogP contribution in [0.5, 0.6) is 0 Å². The van der Waals surface area contributed by atoms with Gasteiger partial charge in [-0.25, -0.2) is 4.39 Å². The largest absolute Gasteiger partial charge is 0.480 e. The molecule has 7 heteroatoms. The van der Waals surface area contributed by atoms with E-state index in [9.17, 15) is 19.3 Å². The number of hydrogen-bond donors (Lipinski definition) is 1. The van der Waals surface area contributed by atoms with Crippen molar-refractivity contribution in [1.82, 2.24) is 0 Å². The number of carboxylic acid groups (broad SMARTS) is 1. The number of anilines is 1. The Kier molecular flexibility index (Phi) is 4.80. The molecule has 0 bridgehead atoms. The van der Waals surface area contributed by atoms with Gasteiger partial charge >= 0.3 is 5.97 Å². The molecule has 19 heavy (non-hydrogen) atoms. The van der Waals surface area contributed by atoms with Crippen LogP contribution in [0.1, 0.15) is 20.3 Å². The lowest BCUT2D eigenvalue weighted by molar-refractivity contribution is -0.384. The lowest BCUT2D eigenvalue weighted by atomic mass is 10.1. The van der Waals surface area contributed by atoms with Crippen molar-refractivity contribution < 1.29 is 19.2 Å². The van der Waals surface area contributed by atoms with Gasteiger partial charge in [0.05, 0.1) is 4.92 Å². The van der Waals surface area contributed by atoms with Gasteiger partial charge in [0.15, 0.2) is 0 Å². The minimum atomic E-state index is -1.13. The summed E-state index contributed by atoms with van der Waals surface area (Å²) in [6.07, 6.45) is 0.584. The second-order valence-electron chi connectivity index (χ2n) is 4.17. The molecule has 0 aromatic heterocycles. The van der Waals surface area contributed by atoms with Crippen LogP contribution in [-0.4, -0.2) is 28.6 Å². The Morgan fingerprint density at radius 3 is 2.68 bits per heavy atom. The predicted octanol–water partition coefficient (Wildman–Crippen LogP) is 2.42. The molecule has 104 valence electrons. The highest BCUT2D eigenvalue weighted by atomic mass is 19.1. The first-order valence-electron chi connectivity index (χ1n) is 5.79. The van der Waals surface area contributed by atoms with Gasteiger partial charge in [-0.05, 0) is 19.4 Å². The molecule has 0 heterocycles. The van der Waals surface area contributed by atoms with Gasteiger partial charge in [0.2, 0.25) is 0 Å². The molecule has 0 aliphatic rings. The van der Waals surface area contributed by atoms with Crippen molar-refractivity contribution in [1.29, 1.82) is 0 Å². The van der Waals surface area contributed by atoms with E-state index < -0.39 is 23.3 Å². The molecule has 6 nitrogen and oxygen atoms in total. The lowest BCUT2D eigenvalue weighted by Gasteiger charge is -2.28. The molecule has 0 spiro atoms. The fraction of sp³-hybridized carbons (Fsp3) is 0.417. The number of halogens is 1. The third-order valence-electron chi connectivity index (χ3n) is 2.87. The Balaban J connectivity index is 3.30. The van der Waals surface area contributed by atoms with Crippen LogP contribution >= 0.6 is 0 Å². The van der Waals surface area contributed by atoms with Crippen molar-refractivity contribution in [3.8, 4) is 0 Å². The maximum atomic E-state index is 13.3. The maximum Gasteiger partial charge on any atom is 0.323 e. The van der Waals surface area contributed by atoms with E-state index in [1.54, 1.807) is 6.92 Å². The molecule has 0 fully saturated rings. The average Bonchev–Trinajstić information content (AvgIpc) is 2.34. The van der Waals surface area contributed by atoms with Crippen molar-refractivity contribution in [2.24, 2.45) is 0 Å². The second-order valence-corrected chi connectivity index (χ2v) is 4.17. The number of nitrogens with zero attached hydrogens (tertiary/aromatic N) is 2. The molecular weight excluding hydrogens is 255 g/mol. The van der Waals surface area contributed by atoms with Crippen LogP contribution < -0.4 is 4.90 Å². The Labute approximate surface area is 109 Å². The van der Waals surface area contributed by atoms with E-state index in [0.717, 1.165) is 18.2 Å². The van der Waals surface area contributed by atoms with Crippen LogP contribution in [0.2, 0.25) is 0 Å². The van der Waals surface area contributed by atoms with E-state index in [1.807, 2.05) is 6.92 Å². The summed E-state index contributed by atoms with van der Waals surface area (Å²) in [5, 5.41) is 19.8. The number of nitro benzene ring substituents is 1. The van der Waals surface area contributed by atoms with Crippen LogP contribution in [0.25, 0.3) is 0 Å². The Morgan fingerprint density at radius 1 is 1.58 bits per heavy atom. The fourth-order valence-electron chi connectivity index (χ4n) is 1.73. The van der Waals surface area contributed by atoms with Gasteiger partial charge in [0.1, 0.15) is 18.0 Å². The fourth-order valence-corrected chi connectivity index (χ4v) is 1.73. The smallest absolute Gasteiger partial charge is 0.323 e. The summed E-state index contributed by atoms with van der Waals surface area (Å²) in [7, 11) is 0. The lowest BCUT2D eigenvalue weighted by Crippen LogP contribution is -2.37. The molecule has 1 atom stereocenters. The molecule has 1 aromatic carbocycles. The van der Waals surface area contributed by atoms with E-state index in [-0.39, 0.29) is 17.4 Å². The molecule has 1 unspecified atom stereocenters. The van der Waals surface area contributed by atoms with Gasteiger partial charge in [-0.15, -0.1) is 0 Å². The quantitative estimate of drug-likeness (QED) is 0.634. The van der Waals surface area contributed by atoms with Crippen LogP contribution in [0.15, 0.2) is 18.2 Å². The summed E-state index contributed by atoms with van der Waals surface area (Å²) >= 11 is 0. The summed E-state index contributed by atoms with van der Waals surface area (Å²) < 4.78 is 13.3. The van der Waals surface area contributed by atoms with Crippen LogP contribution in [-0.2, 0) is 4.79 Å². The first-order chi connectivity index (χ1) is 8.86. The van der Waals surface area contributed by atoms with Crippen molar-refractivity contribution in [3.05, 3.63) is 34.1 Å². The highest BCUT2D eigenvalue weighted by Gasteiger charge is 2.25. The van der Waals surface area contributed by atoms with Gasteiger partial charge in [0, 0.05) is 18.2 Å². The Bertz CT molecular complexity index is 493. The highest BCUT2D eigenvalue weighted by Crippen LogP contribution is 2.30. The van der Waals surface area contributed by atoms with Crippen molar-refractivity contribution in [3.63, 3.8) is 0 Å². The second kappa shape index (κ2) is 6.12. The van der Waals surface area contributed by atoms with Crippen molar-refractivity contribution in [2.45, 2.75) is 26.3 Å². The maximum absolute atomic E-state index is 13.3. The van der Waals surface area contributed by atoms with E-state index in [1.165, 1.54) is 4.90 Å². The standard InChI is InChI=1S/C12H15FN2O4/c1-3-8(2)14(7-12(16)17)11-6-9(13)4-5-10(11)15(18)19/h4-6,8H,3,7H2,1-2H3,(H,16,17). The minimum Gasteiger partial charge on any atom is -0.480 e. The molecular formula is C12H15FN2O4. The third-order valence-corrected chi connectivity index (χ3v) is 2.87. The van der Waals surface area contributed by atoms with E-state index in [2.05, 4.69) is 0 Å². The number of benzene rings is 1. The first-order valence-corrected chi connectivity index (χ1v) is 5.79. The van der Waals surface area contributed by atoms with Gasteiger partial charge in [-0.2, -0.15) is 0 Å². The van der Waals surface area contributed by atoms with Gasteiger partial charge in [0.25, 0.3) is 5.69 Å². The molecule has 0 saturated carbocycles. The third kappa shape index (κ3) is 3.64. The number of carbonyl (C=O) groups is 1. The molecule has 1 aromatic rings. The summed E-state index contributed by atoms with van der Waals surface area (Å²) in [5.74, 6) is -1.77. The topological polar surface area (TPSA) is 83.7 Å². The number of nitro groups is 1. The zero-order valence-corrected chi connectivity index (χ0v) is 10.7. The zero-order valence-electron chi connectivity index (χ0n) is 10.7. The molecule has 0 amide bonds. The molecule has 0 radical (unpaired) electrons. The first kappa shape index (κ1) is 14.9. The summed E-state index contributed by atoms with van der Waals surface area (Å²) in [6.45, 7) is 3.14. The number of carboxylic acids is 1. The highest BCUT2D eigenvalue weighted by molar-refractivity contribution is 5.76. The van der Waals surface area contributed by atoms with E-state index in [0.29, 0.717) is 6.42 Å². The Morgan fingerprint density at radius 2 is 2.21 bits per heavy atom. The molecule has 0 aliphatic heterocycles. The van der Waals surface area contributed by atoms with E-state index in [4.69, 9.17) is 5.11 Å². The average molecular weight is 270 g/mol. The minimum absolute atomic E-state index is 0.0123. The number of aliphatic carboxylic acids is 1. The zero-order chi connectivity index (χ0) is 14.6. The van der Waals surface area contributed by atoms with Gasteiger partial charge < -0.3 is 10.0 Å². The van der Waals surface area contributed by atoms with Crippen LogP contribution in [0, 0.1) is 15.9 Å². The van der Waals surface area contributed by atoms with Crippen LogP contribution in [0.3, 0.4) is 0 Å². The summed E-state index contributed by atoms with van der Waals surface area (Å²) in [4.78, 5) is 22.5. The van der Waals surface area contributed by atoms with Gasteiger partial charge in [-0.3, -0.25) is 14.9 Å². The predicted molar refractivity (Wildman–Crippen MR) is 67.8 cm³/mol. The normalized spacial score (nSPS) is 11.9.